The molecule has 0 unspecified atom stereocenters. The fourth-order valence-electron chi connectivity index (χ4n) is 1.89. The third-order valence-electron chi connectivity index (χ3n) is 2.68. The van der Waals surface area contributed by atoms with E-state index in [1.807, 2.05) is 18.2 Å². The summed E-state index contributed by atoms with van der Waals surface area (Å²) in [6.45, 7) is 4.50. The summed E-state index contributed by atoms with van der Waals surface area (Å²) in [6.07, 6.45) is 0. The first-order valence-electron chi connectivity index (χ1n) is 5.73. The number of morpholine rings is 1. The van der Waals surface area contributed by atoms with Gasteiger partial charge in [-0.3, -0.25) is 4.90 Å². The Bertz CT molecular complexity index is 395. The maximum atomic E-state index is 5.36. The molecule has 0 aromatic heterocycles. The van der Waals surface area contributed by atoms with E-state index in [0.717, 1.165) is 38.5 Å². The van der Waals surface area contributed by atoms with Gasteiger partial charge in [-0.25, -0.2) is 4.99 Å². The summed E-state index contributed by atoms with van der Waals surface area (Å²) in [5.41, 5.74) is 12.7. The van der Waals surface area contributed by atoms with Crippen molar-refractivity contribution in [3.8, 4) is 0 Å². The number of nitrogens with zero attached hydrogens (tertiary/aromatic N) is 2. The topological polar surface area (TPSA) is 76.9 Å². The average molecular weight is 234 g/mol. The lowest BCUT2D eigenvalue weighted by atomic mass is 10.2. The van der Waals surface area contributed by atoms with Crippen molar-refractivity contribution in [2.45, 2.75) is 6.54 Å². The quantitative estimate of drug-likeness (QED) is 0.587. The molecule has 5 nitrogen and oxygen atoms in total. The minimum atomic E-state index is 0.0912. The van der Waals surface area contributed by atoms with Gasteiger partial charge in [-0.05, 0) is 17.7 Å². The van der Waals surface area contributed by atoms with Crippen molar-refractivity contribution >= 4 is 11.6 Å². The number of nitrogens with two attached hydrogens (primary N) is 2. The van der Waals surface area contributed by atoms with Crippen molar-refractivity contribution in [1.82, 2.24) is 4.90 Å². The highest BCUT2D eigenvalue weighted by Crippen LogP contribution is 2.15. The Morgan fingerprint density at radius 2 is 2.06 bits per heavy atom. The first-order chi connectivity index (χ1) is 8.24. The number of guanidine groups is 1. The Morgan fingerprint density at radius 1 is 1.29 bits per heavy atom. The largest absolute Gasteiger partial charge is 0.379 e. The summed E-state index contributed by atoms with van der Waals surface area (Å²) in [5.74, 6) is 0.0912. The second-order valence-corrected chi connectivity index (χ2v) is 4.10. The van der Waals surface area contributed by atoms with Crippen LogP contribution in [0.15, 0.2) is 29.3 Å². The van der Waals surface area contributed by atoms with Crippen LogP contribution in [0.3, 0.4) is 0 Å². The molecule has 1 aliphatic rings. The predicted molar refractivity (Wildman–Crippen MR) is 68.0 cm³/mol. The van der Waals surface area contributed by atoms with E-state index in [1.54, 1.807) is 0 Å². The van der Waals surface area contributed by atoms with E-state index in [2.05, 4.69) is 16.0 Å². The van der Waals surface area contributed by atoms with Gasteiger partial charge in [0.2, 0.25) is 0 Å². The summed E-state index contributed by atoms with van der Waals surface area (Å²) in [7, 11) is 0. The van der Waals surface area contributed by atoms with E-state index >= 15 is 0 Å². The van der Waals surface area contributed by atoms with Gasteiger partial charge >= 0.3 is 0 Å². The van der Waals surface area contributed by atoms with Crippen LogP contribution in [0, 0.1) is 0 Å². The SMILES string of the molecule is NC(N)=Nc1cccc(CN2CCOCC2)c1. The van der Waals surface area contributed by atoms with Crippen LogP contribution >= 0.6 is 0 Å². The van der Waals surface area contributed by atoms with Crippen LogP contribution < -0.4 is 11.5 Å². The Hall–Kier alpha value is -1.59. The smallest absolute Gasteiger partial charge is 0.191 e. The van der Waals surface area contributed by atoms with Crippen LogP contribution in [0.5, 0.6) is 0 Å². The number of ether oxygens (including phenoxy) is 1. The average Bonchev–Trinajstić information content (AvgIpc) is 2.30. The first-order valence-corrected chi connectivity index (χ1v) is 5.73. The van der Waals surface area contributed by atoms with Gasteiger partial charge in [0.05, 0.1) is 18.9 Å². The minimum Gasteiger partial charge on any atom is -0.379 e. The Kier molecular flexibility index (Phi) is 3.95. The van der Waals surface area contributed by atoms with Gasteiger partial charge in [0.1, 0.15) is 0 Å². The van der Waals surface area contributed by atoms with E-state index in [9.17, 15) is 0 Å². The maximum absolute atomic E-state index is 5.36. The molecule has 0 saturated carbocycles. The summed E-state index contributed by atoms with van der Waals surface area (Å²) in [4.78, 5) is 6.40. The normalized spacial score (nSPS) is 16.7. The molecule has 5 heteroatoms. The van der Waals surface area contributed by atoms with Crippen LogP contribution in [-0.4, -0.2) is 37.2 Å². The number of hydrogen-bond donors (Lipinski definition) is 2. The lowest BCUT2D eigenvalue weighted by Crippen LogP contribution is -2.35. The highest BCUT2D eigenvalue weighted by atomic mass is 16.5. The molecule has 0 spiro atoms. The second-order valence-electron chi connectivity index (χ2n) is 4.10. The lowest BCUT2D eigenvalue weighted by Gasteiger charge is -2.26. The second kappa shape index (κ2) is 5.65. The summed E-state index contributed by atoms with van der Waals surface area (Å²) < 4.78 is 5.32. The van der Waals surface area contributed by atoms with Gasteiger partial charge in [-0.15, -0.1) is 0 Å². The van der Waals surface area contributed by atoms with E-state index in [1.165, 1.54) is 5.56 Å². The highest BCUT2D eigenvalue weighted by molar-refractivity contribution is 5.79. The van der Waals surface area contributed by atoms with Crippen molar-refractivity contribution < 1.29 is 4.74 Å². The molecule has 17 heavy (non-hydrogen) atoms. The number of aliphatic imine (C=N–C) groups is 1. The van der Waals surface area contributed by atoms with Gasteiger partial charge in [0, 0.05) is 19.6 Å². The molecule has 1 fully saturated rings. The lowest BCUT2D eigenvalue weighted by molar-refractivity contribution is 0.0342. The Labute approximate surface area is 101 Å². The van der Waals surface area contributed by atoms with Crippen molar-refractivity contribution in [3.05, 3.63) is 29.8 Å². The van der Waals surface area contributed by atoms with Crippen molar-refractivity contribution in [2.75, 3.05) is 26.3 Å². The number of hydrogen-bond acceptors (Lipinski definition) is 3. The van der Waals surface area contributed by atoms with Gasteiger partial charge < -0.3 is 16.2 Å². The summed E-state index contributed by atoms with van der Waals surface area (Å²) in [6, 6.07) is 7.95. The molecule has 1 aromatic rings. The molecular weight excluding hydrogens is 216 g/mol. The first kappa shape index (κ1) is 11.9. The van der Waals surface area contributed by atoms with E-state index in [4.69, 9.17) is 16.2 Å². The molecule has 1 aromatic carbocycles. The molecule has 2 rings (SSSR count). The molecule has 0 radical (unpaired) electrons. The van der Waals surface area contributed by atoms with E-state index in [0.29, 0.717) is 0 Å². The van der Waals surface area contributed by atoms with Crippen LogP contribution in [0.2, 0.25) is 0 Å². The van der Waals surface area contributed by atoms with Crippen molar-refractivity contribution in [3.63, 3.8) is 0 Å². The zero-order valence-electron chi connectivity index (χ0n) is 9.80. The van der Waals surface area contributed by atoms with Crippen LogP contribution in [0.25, 0.3) is 0 Å². The van der Waals surface area contributed by atoms with Crippen LogP contribution in [0.4, 0.5) is 5.69 Å². The third-order valence-corrected chi connectivity index (χ3v) is 2.68. The van der Waals surface area contributed by atoms with Crippen molar-refractivity contribution in [2.24, 2.45) is 16.5 Å². The van der Waals surface area contributed by atoms with Gasteiger partial charge in [0.25, 0.3) is 0 Å². The molecule has 4 N–H and O–H groups in total. The zero-order chi connectivity index (χ0) is 12.1. The standard InChI is InChI=1S/C12H18N4O/c13-12(14)15-11-3-1-2-10(8-11)9-16-4-6-17-7-5-16/h1-3,8H,4-7,9H2,(H4,13,14,15). The number of benzene rings is 1. The summed E-state index contributed by atoms with van der Waals surface area (Å²) >= 11 is 0. The zero-order valence-corrected chi connectivity index (χ0v) is 9.80. The molecule has 0 aliphatic carbocycles. The molecule has 1 saturated heterocycles. The maximum Gasteiger partial charge on any atom is 0.191 e. The molecule has 0 bridgehead atoms. The third kappa shape index (κ3) is 3.72. The molecule has 0 atom stereocenters. The van der Waals surface area contributed by atoms with Crippen LogP contribution in [-0.2, 0) is 11.3 Å². The molecule has 1 aliphatic heterocycles. The van der Waals surface area contributed by atoms with E-state index in [-0.39, 0.29) is 5.96 Å². The molecular formula is C12H18N4O. The Morgan fingerprint density at radius 3 is 2.76 bits per heavy atom. The fourth-order valence-corrected chi connectivity index (χ4v) is 1.89. The van der Waals surface area contributed by atoms with Gasteiger partial charge in [-0.2, -0.15) is 0 Å². The summed E-state index contributed by atoms with van der Waals surface area (Å²) in [5, 5.41) is 0. The predicted octanol–water partition coefficient (Wildman–Crippen LogP) is 0.424. The van der Waals surface area contributed by atoms with Crippen molar-refractivity contribution in [1.29, 1.82) is 0 Å². The monoisotopic (exact) mass is 234 g/mol. The Balaban J connectivity index is 2.02. The van der Waals surface area contributed by atoms with E-state index < -0.39 is 0 Å². The number of rotatable bonds is 3. The fraction of sp³-hybridized carbons (Fsp3) is 0.417. The van der Waals surface area contributed by atoms with Crippen LogP contribution in [0.1, 0.15) is 5.56 Å². The highest BCUT2D eigenvalue weighted by Gasteiger charge is 2.10. The molecule has 0 amide bonds. The minimum absolute atomic E-state index is 0.0912. The van der Waals surface area contributed by atoms with Gasteiger partial charge in [-0.1, -0.05) is 12.1 Å². The van der Waals surface area contributed by atoms with Gasteiger partial charge in [0.15, 0.2) is 5.96 Å². The molecule has 1 heterocycles. The molecule has 92 valence electrons.